The number of phenols is 1. The molecule has 1 fully saturated rings. The normalized spacial score (nSPS) is 23.0. The number of fused-ring (bicyclic) bond motifs is 3. The summed E-state index contributed by atoms with van der Waals surface area (Å²) in [5.41, 5.74) is 3.56. The molecule has 2 aliphatic rings. The molecule has 0 spiro atoms. The summed E-state index contributed by atoms with van der Waals surface area (Å²) in [6.07, 6.45) is 4.32. The number of aryl methyl sites for hydroxylation is 1. The van der Waals surface area contributed by atoms with E-state index in [9.17, 15) is 9.90 Å². The van der Waals surface area contributed by atoms with Crippen molar-refractivity contribution in [1.29, 1.82) is 0 Å². The van der Waals surface area contributed by atoms with Crippen molar-refractivity contribution in [3.63, 3.8) is 0 Å². The molecule has 2 aromatic carbocycles. The average Bonchev–Trinajstić information content (AvgIpc) is 2.61. The fourth-order valence-electron chi connectivity index (χ4n) is 4.23. The van der Waals surface area contributed by atoms with Gasteiger partial charge in [-0.15, -0.1) is 0 Å². The highest BCUT2D eigenvalue weighted by molar-refractivity contribution is 5.94. The van der Waals surface area contributed by atoms with E-state index in [4.69, 9.17) is 0 Å². The summed E-state index contributed by atoms with van der Waals surface area (Å²) in [6, 6.07) is 15.6. The summed E-state index contributed by atoms with van der Waals surface area (Å²) in [6.45, 7) is 0.836. The number of benzene rings is 2. The van der Waals surface area contributed by atoms with Crippen LogP contribution < -0.4 is 0 Å². The molecule has 2 atom stereocenters. The van der Waals surface area contributed by atoms with E-state index in [0.29, 0.717) is 17.5 Å². The van der Waals surface area contributed by atoms with Gasteiger partial charge >= 0.3 is 0 Å². The molecular weight excluding hydrogens is 286 g/mol. The van der Waals surface area contributed by atoms with Gasteiger partial charge in [0.2, 0.25) is 0 Å². The van der Waals surface area contributed by atoms with E-state index in [1.165, 1.54) is 17.5 Å². The van der Waals surface area contributed by atoms with Crippen LogP contribution in [0.3, 0.4) is 0 Å². The van der Waals surface area contributed by atoms with E-state index >= 15 is 0 Å². The fraction of sp³-hybridized carbons (Fsp3) is 0.350. The molecule has 1 aliphatic carbocycles. The monoisotopic (exact) mass is 307 g/mol. The van der Waals surface area contributed by atoms with Gasteiger partial charge in [0, 0.05) is 24.1 Å². The van der Waals surface area contributed by atoms with E-state index in [1.54, 1.807) is 24.3 Å². The van der Waals surface area contributed by atoms with Crippen LogP contribution in [0.2, 0.25) is 0 Å². The standard InChI is InChI=1S/C20H21NO2/c22-16-10-7-15(8-11-16)20(23)21-13-3-6-18-17-5-2-1-4-14(17)9-12-19(18)21/h1-2,4-5,7-8,10-11,18-19,22H,3,6,9,12-13H2/t18-,19+/m0/s1. The first-order chi connectivity index (χ1) is 11.2. The van der Waals surface area contributed by atoms with Crippen LogP contribution in [-0.4, -0.2) is 28.5 Å². The predicted octanol–water partition coefficient (Wildman–Crippen LogP) is 3.73. The Morgan fingerprint density at radius 2 is 1.83 bits per heavy atom. The van der Waals surface area contributed by atoms with Crippen molar-refractivity contribution in [2.75, 3.05) is 6.54 Å². The zero-order valence-corrected chi connectivity index (χ0v) is 13.1. The van der Waals surface area contributed by atoms with Crippen LogP contribution >= 0.6 is 0 Å². The highest BCUT2D eigenvalue weighted by Gasteiger charge is 2.38. The molecule has 1 aliphatic heterocycles. The third kappa shape index (κ3) is 2.50. The maximum Gasteiger partial charge on any atom is 0.254 e. The number of carbonyl (C=O) groups excluding carboxylic acids is 1. The third-order valence-corrected chi connectivity index (χ3v) is 5.32. The molecule has 23 heavy (non-hydrogen) atoms. The first kappa shape index (κ1) is 14.3. The molecule has 1 N–H and O–H groups in total. The lowest BCUT2D eigenvalue weighted by Gasteiger charge is -2.45. The summed E-state index contributed by atoms with van der Waals surface area (Å²) >= 11 is 0. The van der Waals surface area contributed by atoms with Gasteiger partial charge in [-0.05, 0) is 61.1 Å². The highest BCUT2D eigenvalue weighted by Crippen LogP contribution is 2.41. The van der Waals surface area contributed by atoms with Crippen molar-refractivity contribution in [3.8, 4) is 5.75 Å². The quantitative estimate of drug-likeness (QED) is 0.872. The molecular formula is C20H21NO2. The van der Waals surface area contributed by atoms with E-state index in [1.807, 2.05) is 0 Å². The first-order valence-electron chi connectivity index (χ1n) is 8.42. The number of aromatic hydroxyl groups is 1. The minimum Gasteiger partial charge on any atom is -0.508 e. The Kier molecular flexibility index (Phi) is 3.56. The van der Waals surface area contributed by atoms with Crippen LogP contribution in [0.1, 0.15) is 46.7 Å². The smallest absolute Gasteiger partial charge is 0.254 e. The van der Waals surface area contributed by atoms with Gasteiger partial charge in [0.05, 0.1) is 0 Å². The summed E-state index contributed by atoms with van der Waals surface area (Å²) in [4.78, 5) is 15.0. The predicted molar refractivity (Wildman–Crippen MR) is 89.7 cm³/mol. The molecule has 1 heterocycles. The van der Waals surface area contributed by atoms with Crippen LogP contribution in [0.25, 0.3) is 0 Å². The lowest BCUT2D eigenvalue weighted by Crippen LogP contribution is -2.49. The molecule has 1 amide bonds. The molecule has 0 saturated carbocycles. The average molecular weight is 307 g/mol. The number of likely N-dealkylation sites (tertiary alicyclic amines) is 1. The number of amides is 1. The third-order valence-electron chi connectivity index (χ3n) is 5.32. The largest absolute Gasteiger partial charge is 0.508 e. The van der Waals surface area contributed by atoms with Crippen LogP contribution in [0, 0.1) is 0 Å². The van der Waals surface area contributed by atoms with E-state index < -0.39 is 0 Å². The fourth-order valence-corrected chi connectivity index (χ4v) is 4.23. The second-order valence-electron chi connectivity index (χ2n) is 6.60. The van der Waals surface area contributed by atoms with Crippen molar-refractivity contribution in [3.05, 3.63) is 65.2 Å². The number of nitrogens with zero attached hydrogens (tertiary/aromatic N) is 1. The zero-order valence-electron chi connectivity index (χ0n) is 13.1. The summed E-state index contributed by atoms with van der Waals surface area (Å²) in [5.74, 6) is 0.763. The number of phenolic OH excluding ortho intramolecular Hbond substituents is 1. The highest BCUT2D eigenvalue weighted by atomic mass is 16.3. The molecule has 0 radical (unpaired) electrons. The van der Waals surface area contributed by atoms with Gasteiger partial charge in [-0.3, -0.25) is 4.79 Å². The van der Waals surface area contributed by atoms with Crippen LogP contribution in [0.4, 0.5) is 0 Å². The second kappa shape index (κ2) is 5.73. The number of rotatable bonds is 1. The van der Waals surface area contributed by atoms with Crippen molar-refractivity contribution < 1.29 is 9.90 Å². The van der Waals surface area contributed by atoms with Crippen LogP contribution in [0.5, 0.6) is 5.75 Å². The lowest BCUT2D eigenvalue weighted by atomic mass is 9.74. The molecule has 0 bridgehead atoms. The molecule has 0 aromatic heterocycles. The SMILES string of the molecule is O=C(c1ccc(O)cc1)N1CCC[C@H]2c3ccccc3CC[C@H]21. The van der Waals surface area contributed by atoms with Gasteiger partial charge in [0.1, 0.15) is 5.75 Å². The van der Waals surface area contributed by atoms with Crippen molar-refractivity contribution in [1.82, 2.24) is 4.90 Å². The second-order valence-corrected chi connectivity index (χ2v) is 6.60. The van der Waals surface area contributed by atoms with E-state index in [-0.39, 0.29) is 11.7 Å². The lowest BCUT2D eigenvalue weighted by molar-refractivity contribution is 0.0547. The summed E-state index contributed by atoms with van der Waals surface area (Å²) < 4.78 is 0. The Balaban J connectivity index is 1.63. The molecule has 3 heteroatoms. The maximum atomic E-state index is 12.9. The maximum absolute atomic E-state index is 12.9. The van der Waals surface area contributed by atoms with E-state index in [2.05, 4.69) is 29.2 Å². The van der Waals surface area contributed by atoms with Crippen molar-refractivity contribution in [2.24, 2.45) is 0 Å². The Morgan fingerprint density at radius 1 is 1.04 bits per heavy atom. The van der Waals surface area contributed by atoms with Gasteiger partial charge in [-0.1, -0.05) is 24.3 Å². The number of carbonyl (C=O) groups is 1. The van der Waals surface area contributed by atoms with Crippen molar-refractivity contribution >= 4 is 5.91 Å². The minimum absolute atomic E-state index is 0.0964. The van der Waals surface area contributed by atoms with Crippen LogP contribution in [-0.2, 0) is 6.42 Å². The topological polar surface area (TPSA) is 40.5 Å². The molecule has 0 unspecified atom stereocenters. The Labute approximate surface area is 136 Å². The van der Waals surface area contributed by atoms with Crippen LogP contribution in [0.15, 0.2) is 48.5 Å². The molecule has 4 rings (SSSR count). The molecule has 118 valence electrons. The molecule has 1 saturated heterocycles. The van der Waals surface area contributed by atoms with Gasteiger partial charge in [-0.2, -0.15) is 0 Å². The first-order valence-corrected chi connectivity index (χ1v) is 8.42. The Hall–Kier alpha value is -2.29. The van der Waals surface area contributed by atoms with E-state index in [0.717, 1.165) is 25.8 Å². The van der Waals surface area contributed by atoms with Gasteiger partial charge < -0.3 is 10.0 Å². The number of piperidine rings is 1. The molecule has 3 nitrogen and oxygen atoms in total. The van der Waals surface area contributed by atoms with Crippen molar-refractivity contribution in [2.45, 2.75) is 37.6 Å². The summed E-state index contributed by atoms with van der Waals surface area (Å²) in [7, 11) is 0. The minimum atomic E-state index is 0.0964. The summed E-state index contributed by atoms with van der Waals surface area (Å²) in [5, 5.41) is 9.42. The zero-order chi connectivity index (χ0) is 15.8. The number of hydrogen-bond acceptors (Lipinski definition) is 2. The molecule has 2 aromatic rings. The van der Waals surface area contributed by atoms with Gasteiger partial charge in [0.15, 0.2) is 0 Å². The van der Waals surface area contributed by atoms with Gasteiger partial charge in [-0.25, -0.2) is 0 Å². The van der Waals surface area contributed by atoms with Gasteiger partial charge in [0.25, 0.3) is 5.91 Å². The number of hydrogen-bond donors (Lipinski definition) is 1. The Morgan fingerprint density at radius 3 is 2.65 bits per heavy atom. The Bertz CT molecular complexity index is 723.